The molecule has 1 aliphatic heterocycles. The van der Waals surface area contributed by atoms with Gasteiger partial charge in [0.1, 0.15) is 0 Å². The van der Waals surface area contributed by atoms with E-state index >= 15 is 0 Å². The summed E-state index contributed by atoms with van der Waals surface area (Å²) in [6.45, 7) is 2.42. The molecule has 1 N–H and O–H groups in total. The van der Waals surface area contributed by atoms with Crippen LogP contribution in [0.1, 0.15) is 37.8 Å². The lowest BCUT2D eigenvalue weighted by Gasteiger charge is -2.35. The van der Waals surface area contributed by atoms with Gasteiger partial charge in [-0.1, -0.05) is 25.1 Å². The van der Waals surface area contributed by atoms with Crippen molar-refractivity contribution in [2.75, 3.05) is 0 Å². The Bertz CT molecular complexity index is 588. The van der Waals surface area contributed by atoms with Crippen LogP contribution < -0.4 is 5.32 Å². The second-order valence-corrected chi connectivity index (χ2v) is 6.20. The molecule has 19 heavy (non-hydrogen) atoms. The van der Waals surface area contributed by atoms with Crippen molar-refractivity contribution in [1.29, 1.82) is 0 Å². The van der Waals surface area contributed by atoms with Crippen LogP contribution in [-0.2, 0) is 0 Å². The van der Waals surface area contributed by atoms with Crippen LogP contribution in [0.4, 0.5) is 0 Å². The Labute approximate surface area is 114 Å². The lowest BCUT2D eigenvalue weighted by molar-refractivity contribution is 0.230. The van der Waals surface area contributed by atoms with Crippen LogP contribution in [0.25, 0.3) is 10.8 Å². The zero-order valence-electron chi connectivity index (χ0n) is 11.3. The third-order valence-electron chi connectivity index (χ3n) is 5.27. The maximum absolute atomic E-state index is 4.23. The topological polar surface area (TPSA) is 24.9 Å². The average molecular weight is 252 g/mol. The van der Waals surface area contributed by atoms with Crippen LogP contribution in [0.5, 0.6) is 0 Å². The Morgan fingerprint density at radius 1 is 1.21 bits per heavy atom. The minimum Gasteiger partial charge on any atom is -0.307 e. The molecule has 1 saturated carbocycles. The molecule has 4 rings (SSSR count). The van der Waals surface area contributed by atoms with Crippen molar-refractivity contribution >= 4 is 10.8 Å². The van der Waals surface area contributed by atoms with Crippen molar-refractivity contribution in [3.05, 3.63) is 42.2 Å². The van der Waals surface area contributed by atoms with Gasteiger partial charge in [0.05, 0.1) is 0 Å². The van der Waals surface area contributed by atoms with Crippen molar-refractivity contribution < 1.29 is 0 Å². The van der Waals surface area contributed by atoms with Crippen molar-refractivity contribution in [2.24, 2.45) is 11.8 Å². The smallest absolute Gasteiger partial charge is 0.0346 e. The minimum absolute atomic E-state index is 0.528. The minimum atomic E-state index is 0.528. The average Bonchev–Trinajstić information content (AvgIpc) is 2.67. The summed E-state index contributed by atoms with van der Waals surface area (Å²) >= 11 is 0. The molecule has 1 saturated heterocycles. The Morgan fingerprint density at radius 3 is 3.05 bits per heavy atom. The van der Waals surface area contributed by atoms with Crippen molar-refractivity contribution in [3.8, 4) is 0 Å². The number of hydrogen-bond acceptors (Lipinski definition) is 2. The van der Waals surface area contributed by atoms with Gasteiger partial charge in [0.25, 0.3) is 0 Å². The number of nitrogens with zero attached hydrogens (tertiary/aromatic N) is 1. The van der Waals surface area contributed by atoms with Crippen LogP contribution in [0.2, 0.25) is 0 Å². The Hall–Kier alpha value is -1.41. The highest BCUT2D eigenvalue weighted by atomic mass is 15.0. The van der Waals surface area contributed by atoms with Gasteiger partial charge in [-0.25, -0.2) is 0 Å². The Balaban J connectivity index is 1.75. The molecule has 2 fully saturated rings. The quantitative estimate of drug-likeness (QED) is 0.837. The third kappa shape index (κ3) is 1.78. The van der Waals surface area contributed by atoms with E-state index in [0.29, 0.717) is 6.04 Å². The SMILES string of the molecule is CC1C2CCC1NC(c1cccc3cnccc13)C2. The van der Waals surface area contributed by atoms with Gasteiger partial charge in [0.15, 0.2) is 0 Å². The predicted molar refractivity (Wildman–Crippen MR) is 77.9 cm³/mol. The van der Waals surface area contributed by atoms with Gasteiger partial charge in [0.2, 0.25) is 0 Å². The van der Waals surface area contributed by atoms with E-state index in [9.17, 15) is 0 Å². The van der Waals surface area contributed by atoms with Gasteiger partial charge < -0.3 is 5.32 Å². The molecule has 0 spiro atoms. The number of fused-ring (bicyclic) bond motifs is 3. The molecule has 4 unspecified atom stereocenters. The van der Waals surface area contributed by atoms with E-state index < -0.39 is 0 Å². The first-order chi connectivity index (χ1) is 9.33. The molecule has 4 atom stereocenters. The summed E-state index contributed by atoms with van der Waals surface area (Å²) < 4.78 is 0. The molecule has 1 aromatic carbocycles. The summed E-state index contributed by atoms with van der Waals surface area (Å²) in [4.78, 5) is 4.23. The monoisotopic (exact) mass is 252 g/mol. The molecule has 1 aromatic heterocycles. The predicted octanol–water partition coefficient (Wildman–Crippen LogP) is 3.68. The molecule has 0 radical (unpaired) electrons. The molecule has 2 aliphatic rings. The van der Waals surface area contributed by atoms with E-state index in [0.717, 1.165) is 17.9 Å². The van der Waals surface area contributed by atoms with Crippen LogP contribution >= 0.6 is 0 Å². The lowest BCUT2D eigenvalue weighted by atomic mass is 9.82. The van der Waals surface area contributed by atoms with Crippen molar-refractivity contribution in [2.45, 2.75) is 38.3 Å². The third-order valence-corrected chi connectivity index (χ3v) is 5.27. The highest BCUT2D eigenvalue weighted by Crippen LogP contribution is 2.44. The van der Waals surface area contributed by atoms with E-state index in [-0.39, 0.29) is 0 Å². The number of aromatic nitrogens is 1. The Kier molecular flexibility index (Phi) is 2.59. The van der Waals surface area contributed by atoms with Gasteiger partial charge in [-0.3, -0.25) is 4.98 Å². The molecule has 1 aliphatic carbocycles. The number of nitrogens with one attached hydrogen (secondary N) is 1. The van der Waals surface area contributed by atoms with Gasteiger partial charge in [-0.2, -0.15) is 0 Å². The molecule has 2 aromatic rings. The first-order valence-electron chi connectivity index (χ1n) is 7.41. The first kappa shape index (κ1) is 11.4. The summed E-state index contributed by atoms with van der Waals surface area (Å²) in [5, 5.41) is 6.50. The highest BCUT2D eigenvalue weighted by Gasteiger charge is 2.40. The normalized spacial score (nSPS) is 33.7. The zero-order chi connectivity index (χ0) is 12.8. The van der Waals surface area contributed by atoms with Gasteiger partial charge in [-0.15, -0.1) is 0 Å². The van der Waals surface area contributed by atoms with E-state index in [1.807, 2.05) is 12.4 Å². The van der Waals surface area contributed by atoms with E-state index in [1.54, 1.807) is 0 Å². The molecule has 0 amide bonds. The fourth-order valence-corrected chi connectivity index (χ4v) is 4.11. The van der Waals surface area contributed by atoms with Gasteiger partial charge >= 0.3 is 0 Å². The number of benzene rings is 1. The summed E-state index contributed by atoms with van der Waals surface area (Å²) in [7, 11) is 0. The number of hydrogen-bond donors (Lipinski definition) is 1. The maximum Gasteiger partial charge on any atom is 0.0346 e. The molecule has 2 nitrogen and oxygen atoms in total. The van der Waals surface area contributed by atoms with Crippen LogP contribution in [-0.4, -0.2) is 11.0 Å². The van der Waals surface area contributed by atoms with Crippen LogP contribution in [0.15, 0.2) is 36.7 Å². The summed E-state index contributed by atoms with van der Waals surface area (Å²) in [6, 6.07) is 10.0. The second-order valence-electron chi connectivity index (χ2n) is 6.20. The first-order valence-corrected chi connectivity index (χ1v) is 7.41. The standard InChI is InChI=1S/C17H20N2/c1-11-12-5-6-16(11)19-17(9-12)15-4-2-3-13-10-18-8-7-14(13)15/h2-4,7-8,10-12,16-17,19H,5-6,9H2,1H3. The van der Waals surface area contributed by atoms with Crippen molar-refractivity contribution in [3.63, 3.8) is 0 Å². The fourth-order valence-electron chi connectivity index (χ4n) is 4.11. The van der Waals surface area contributed by atoms with Crippen LogP contribution in [0.3, 0.4) is 0 Å². The fraction of sp³-hybridized carbons (Fsp3) is 0.471. The summed E-state index contributed by atoms with van der Waals surface area (Å²) in [5.41, 5.74) is 1.46. The molecular formula is C17H20N2. The largest absolute Gasteiger partial charge is 0.307 e. The number of pyridine rings is 1. The van der Waals surface area contributed by atoms with Gasteiger partial charge in [0, 0.05) is 29.9 Å². The summed E-state index contributed by atoms with van der Waals surface area (Å²) in [6.07, 6.45) is 7.93. The molecule has 98 valence electrons. The van der Waals surface area contributed by atoms with E-state index in [1.165, 1.54) is 35.6 Å². The van der Waals surface area contributed by atoms with Gasteiger partial charge in [-0.05, 0) is 48.1 Å². The Morgan fingerprint density at radius 2 is 2.16 bits per heavy atom. The number of rotatable bonds is 1. The molecular weight excluding hydrogens is 232 g/mol. The summed E-state index contributed by atoms with van der Waals surface area (Å²) in [5.74, 6) is 1.77. The lowest BCUT2D eigenvalue weighted by Crippen LogP contribution is -2.41. The second kappa shape index (κ2) is 4.31. The zero-order valence-corrected chi connectivity index (χ0v) is 11.3. The molecule has 2 bridgehead atoms. The maximum atomic E-state index is 4.23. The molecule has 2 heterocycles. The van der Waals surface area contributed by atoms with E-state index in [4.69, 9.17) is 0 Å². The van der Waals surface area contributed by atoms with Crippen LogP contribution in [0, 0.1) is 11.8 Å². The number of piperidine rings is 1. The van der Waals surface area contributed by atoms with Crippen molar-refractivity contribution in [1.82, 2.24) is 10.3 Å². The molecule has 2 heteroatoms. The van der Waals surface area contributed by atoms with E-state index in [2.05, 4.69) is 41.5 Å². The highest BCUT2D eigenvalue weighted by molar-refractivity contribution is 5.85.